The summed E-state index contributed by atoms with van der Waals surface area (Å²) in [4.78, 5) is 26.8. The third kappa shape index (κ3) is 6.44. The van der Waals surface area contributed by atoms with E-state index in [9.17, 15) is 9.59 Å². The van der Waals surface area contributed by atoms with Crippen molar-refractivity contribution < 1.29 is 14.1 Å². The molecule has 3 rings (SSSR count). The number of piperazine rings is 1. The summed E-state index contributed by atoms with van der Waals surface area (Å²) in [5.41, 5.74) is 2.20. The van der Waals surface area contributed by atoms with Gasteiger partial charge in [0, 0.05) is 24.2 Å². The van der Waals surface area contributed by atoms with Gasteiger partial charge in [-0.15, -0.1) is 0 Å². The lowest BCUT2D eigenvalue weighted by Crippen LogP contribution is -2.60. The predicted molar refractivity (Wildman–Crippen MR) is 119 cm³/mol. The maximum Gasteiger partial charge on any atom is 0.276 e. The Hall–Kier alpha value is -2.63. The molecule has 1 aliphatic rings. The molecule has 6 heteroatoms. The maximum atomic E-state index is 12.9. The van der Waals surface area contributed by atoms with Crippen LogP contribution in [-0.4, -0.2) is 40.5 Å². The molecule has 1 aliphatic heterocycles. The van der Waals surface area contributed by atoms with Crippen molar-refractivity contribution in [2.75, 3.05) is 6.54 Å². The van der Waals surface area contributed by atoms with Gasteiger partial charge in [-0.25, -0.2) is 0 Å². The number of carbonyl (C=O) groups is 2. The minimum atomic E-state index is -0.523. The van der Waals surface area contributed by atoms with Crippen LogP contribution in [0.25, 0.3) is 11.3 Å². The summed E-state index contributed by atoms with van der Waals surface area (Å²) in [5, 5.41) is 6.94. The topological polar surface area (TPSA) is 75.4 Å². The molecule has 0 aliphatic carbocycles. The number of aryl methyl sites for hydroxylation is 1. The Morgan fingerprint density at radius 3 is 2.50 bits per heavy atom. The van der Waals surface area contributed by atoms with Crippen molar-refractivity contribution in [3.8, 4) is 11.3 Å². The normalized spacial score (nSPS) is 18.8. The molecule has 6 nitrogen and oxygen atoms in total. The van der Waals surface area contributed by atoms with Gasteiger partial charge < -0.3 is 14.7 Å². The minimum absolute atomic E-state index is 0.0363. The molecule has 30 heavy (non-hydrogen) atoms. The smallest absolute Gasteiger partial charge is 0.276 e. The summed E-state index contributed by atoms with van der Waals surface area (Å²) in [7, 11) is 0. The maximum absolute atomic E-state index is 12.9. The van der Waals surface area contributed by atoms with E-state index in [2.05, 4.69) is 45.1 Å². The Kier molecular flexibility index (Phi) is 8.21. The highest BCUT2D eigenvalue weighted by Gasteiger charge is 2.36. The molecule has 2 unspecified atom stereocenters. The zero-order chi connectivity index (χ0) is 22.4. The molecule has 2 atom stereocenters. The molecule has 0 saturated carbocycles. The van der Waals surface area contributed by atoms with E-state index in [0.717, 1.165) is 23.5 Å². The highest BCUT2D eigenvalue weighted by atomic mass is 16.5. The average Bonchev–Trinajstić information content (AvgIpc) is 3.13. The van der Waals surface area contributed by atoms with E-state index >= 15 is 0 Å². The van der Waals surface area contributed by atoms with Gasteiger partial charge in [0.25, 0.3) is 5.91 Å². The summed E-state index contributed by atoms with van der Waals surface area (Å²) in [6.07, 6.45) is 0.829. The van der Waals surface area contributed by atoms with Crippen LogP contribution in [0.5, 0.6) is 0 Å². The van der Waals surface area contributed by atoms with Crippen molar-refractivity contribution in [3.05, 3.63) is 41.6 Å². The quantitative estimate of drug-likeness (QED) is 0.789. The Bertz CT molecular complexity index is 854. The third-order valence-corrected chi connectivity index (χ3v) is 4.66. The molecular weight excluding hydrogens is 378 g/mol. The number of hydrogen-bond donors (Lipinski definition) is 1. The van der Waals surface area contributed by atoms with Crippen LogP contribution in [0.1, 0.15) is 64.0 Å². The number of aromatic nitrogens is 1. The van der Waals surface area contributed by atoms with Gasteiger partial charge in [-0.3, -0.25) is 9.59 Å². The van der Waals surface area contributed by atoms with E-state index in [4.69, 9.17) is 4.52 Å². The van der Waals surface area contributed by atoms with Crippen LogP contribution in [0.15, 0.2) is 34.9 Å². The molecular formula is C24H35N3O3. The van der Waals surface area contributed by atoms with E-state index in [0.29, 0.717) is 18.2 Å². The number of hydrogen-bond acceptors (Lipinski definition) is 4. The van der Waals surface area contributed by atoms with Crippen molar-refractivity contribution in [3.63, 3.8) is 0 Å². The van der Waals surface area contributed by atoms with Crippen LogP contribution in [0.4, 0.5) is 0 Å². The fraction of sp³-hybridized carbons (Fsp3) is 0.542. The molecule has 2 heterocycles. The Labute approximate surface area is 180 Å². The third-order valence-electron chi connectivity index (χ3n) is 4.66. The van der Waals surface area contributed by atoms with Gasteiger partial charge in [-0.1, -0.05) is 63.5 Å². The van der Waals surface area contributed by atoms with Gasteiger partial charge in [-0.2, -0.15) is 0 Å². The predicted octanol–water partition coefficient (Wildman–Crippen LogP) is 4.69. The van der Waals surface area contributed by atoms with Gasteiger partial charge in [0.15, 0.2) is 11.5 Å². The van der Waals surface area contributed by atoms with Crippen molar-refractivity contribution >= 4 is 11.8 Å². The van der Waals surface area contributed by atoms with Crippen LogP contribution in [0.3, 0.4) is 0 Å². The molecule has 164 valence electrons. The standard InChI is InChI=1S/C20H25N3O3.C4H10/c1-12(2)8-16-11-23(14(4)19(24)21-16)20(25)17-10-18(26-22-17)15-7-5-6-13(3)9-15;1-4(2)3/h5-7,9-10,12,14,16H,8,11H2,1-4H3,(H,21,24);4H,1-3H3. The van der Waals surface area contributed by atoms with E-state index in [1.807, 2.05) is 31.2 Å². The first-order valence-electron chi connectivity index (χ1n) is 10.7. The van der Waals surface area contributed by atoms with E-state index < -0.39 is 6.04 Å². The molecule has 2 amide bonds. The van der Waals surface area contributed by atoms with Gasteiger partial charge >= 0.3 is 0 Å². The monoisotopic (exact) mass is 413 g/mol. The van der Waals surface area contributed by atoms with Crippen LogP contribution in [0, 0.1) is 18.8 Å². The molecule has 1 aromatic heterocycles. The average molecular weight is 414 g/mol. The Morgan fingerprint density at radius 1 is 1.23 bits per heavy atom. The van der Waals surface area contributed by atoms with Crippen LogP contribution < -0.4 is 5.32 Å². The lowest BCUT2D eigenvalue weighted by Gasteiger charge is -2.38. The number of rotatable bonds is 4. The van der Waals surface area contributed by atoms with E-state index in [1.165, 1.54) is 0 Å². The Morgan fingerprint density at radius 2 is 1.90 bits per heavy atom. The molecule has 1 saturated heterocycles. The van der Waals surface area contributed by atoms with Crippen LogP contribution in [0.2, 0.25) is 0 Å². The fourth-order valence-electron chi connectivity index (χ4n) is 3.32. The summed E-state index contributed by atoms with van der Waals surface area (Å²) >= 11 is 0. The molecule has 0 bridgehead atoms. The zero-order valence-electron chi connectivity index (χ0n) is 19.2. The molecule has 1 aromatic carbocycles. The minimum Gasteiger partial charge on any atom is -0.355 e. The van der Waals surface area contributed by atoms with E-state index in [1.54, 1.807) is 17.9 Å². The highest BCUT2D eigenvalue weighted by molar-refractivity contribution is 5.97. The summed E-state index contributed by atoms with van der Waals surface area (Å²) < 4.78 is 5.37. The summed E-state index contributed by atoms with van der Waals surface area (Å²) in [6, 6.07) is 8.91. The first-order chi connectivity index (χ1) is 14.1. The summed E-state index contributed by atoms with van der Waals surface area (Å²) in [5.74, 6) is 1.41. The molecule has 1 fully saturated rings. The number of amides is 2. The lowest BCUT2D eigenvalue weighted by atomic mass is 9.99. The highest BCUT2D eigenvalue weighted by Crippen LogP contribution is 2.23. The van der Waals surface area contributed by atoms with E-state index in [-0.39, 0.29) is 23.6 Å². The number of benzene rings is 1. The summed E-state index contributed by atoms with van der Waals surface area (Å²) in [6.45, 7) is 14.9. The Balaban J connectivity index is 0.000000735. The second kappa shape index (κ2) is 10.4. The largest absolute Gasteiger partial charge is 0.355 e. The number of carbonyl (C=O) groups excluding carboxylic acids is 2. The van der Waals surface area contributed by atoms with Gasteiger partial charge in [0.1, 0.15) is 6.04 Å². The fourth-order valence-corrected chi connectivity index (χ4v) is 3.32. The zero-order valence-corrected chi connectivity index (χ0v) is 19.2. The first-order valence-corrected chi connectivity index (χ1v) is 10.7. The van der Waals surface area contributed by atoms with Gasteiger partial charge in [-0.05, 0) is 38.2 Å². The first kappa shape index (κ1) is 23.6. The van der Waals surface area contributed by atoms with Crippen LogP contribution >= 0.6 is 0 Å². The molecule has 0 radical (unpaired) electrons. The molecule has 1 N–H and O–H groups in total. The van der Waals surface area contributed by atoms with Gasteiger partial charge in [0.2, 0.25) is 5.91 Å². The van der Waals surface area contributed by atoms with Crippen molar-refractivity contribution in [1.29, 1.82) is 0 Å². The van der Waals surface area contributed by atoms with Crippen molar-refractivity contribution in [2.45, 2.75) is 67.0 Å². The molecule has 2 aromatic rings. The number of nitrogens with one attached hydrogen (secondary N) is 1. The SMILES string of the molecule is CC(C)C.Cc1cccc(-c2cc(C(=O)N3CC(CC(C)C)NC(=O)C3C)no2)c1. The number of nitrogens with zero attached hydrogens (tertiary/aromatic N) is 2. The van der Waals surface area contributed by atoms with Crippen LogP contribution in [-0.2, 0) is 4.79 Å². The molecule has 0 spiro atoms. The second-order valence-electron chi connectivity index (χ2n) is 9.15. The van der Waals surface area contributed by atoms with Crippen molar-refractivity contribution in [2.24, 2.45) is 11.8 Å². The second-order valence-corrected chi connectivity index (χ2v) is 9.15. The van der Waals surface area contributed by atoms with Gasteiger partial charge in [0.05, 0.1) is 0 Å². The lowest BCUT2D eigenvalue weighted by molar-refractivity contribution is -0.128. The van der Waals surface area contributed by atoms with Crippen molar-refractivity contribution in [1.82, 2.24) is 15.4 Å².